The number of sulfonamides is 1. The van der Waals surface area contributed by atoms with Gasteiger partial charge in [-0.3, -0.25) is 4.79 Å². The summed E-state index contributed by atoms with van der Waals surface area (Å²) in [5.41, 5.74) is 3.46. The lowest BCUT2D eigenvalue weighted by atomic mass is 10.0. The molecule has 3 aromatic carbocycles. The van der Waals surface area contributed by atoms with Crippen LogP contribution in [0.25, 0.3) is 0 Å². The first kappa shape index (κ1) is 23.7. The Labute approximate surface area is 199 Å². The van der Waals surface area contributed by atoms with Crippen molar-refractivity contribution in [3.05, 3.63) is 83.4 Å². The lowest BCUT2D eigenvalue weighted by Crippen LogP contribution is -2.37. The molecule has 0 saturated carbocycles. The summed E-state index contributed by atoms with van der Waals surface area (Å²) in [6, 6.07) is 19.7. The van der Waals surface area contributed by atoms with E-state index < -0.39 is 15.9 Å². The van der Waals surface area contributed by atoms with Crippen molar-refractivity contribution in [2.75, 3.05) is 43.6 Å². The number of benzene rings is 3. The summed E-state index contributed by atoms with van der Waals surface area (Å²) in [7, 11) is -2.36. The molecule has 0 bridgehead atoms. The molecule has 0 aliphatic carbocycles. The Morgan fingerprint density at radius 3 is 2.47 bits per heavy atom. The van der Waals surface area contributed by atoms with E-state index in [2.05, 4.69) is 5.32 Å². The molecule has 1 amide bonds. The highest BCUT2D eigenvalue weighted by Crippen LogP contribution is 2.28. The minimum Gasteiger partial charge on any atom is -0.496 e. The normalized spacial score (nSPS) is 14.0. The lowest BCUT2D eigenvalue weighted by molar-refractivity contribution is 0.102. The standard InChI is InChI=1S/C25H27N3O5S/c1-32-24-10-7-20(16-19(24)15-18-5-3-2-4-6-18)27-25(29)22-17-21(34(26,30)31)8-9-23(22)28-11-13-33-14-12-28/h2-10,16-17H,11-15H2,1H3,(H,27,29)(H2,26,30,31). The Morgan fingerprint density at radius 1 is 1.06 bits per heavy atom. The molecule has 3 N–H and O–H groups in total. The Kier molecular flexibility index (Phi) is 7.16. The summed E-state index contributed by atoms with van der Waals surface area (Å²) in [6.07, 6.45) is 0.633. The maximum atomic E-state index is 13.3. The second-order valence-corrected chi connectivity index (χ2v) is 9.53. The Morgan fingerprint density at radius 2 is 1.79 bits per heavy atom. The van der Waals surface area contributed by atoms with Crippen molar-refractivity contribution in [2.24, 2.45) is 5.14 Å². The minimum atomic E-state index is -3.97. The van der Waals surface area contributed by atoms with E-state index in [4.69, 9.17) is 14.6 Å². The summed E-state index contributed by atoms with van der Waals surface area (Å²) in [4.78, 5) is 15.2. The first-order valence-corrected chi connectivity index (χ1v) is 12.4. The van der Waals surface area contributed by atoms with Crippen LogP contribution in [-0.4, -0.2) is 47.7 Å². The summed E-state index contributed by atoms with van der Waals surface area (Å²) in [5.74, 6) is 0.287. The minimum absolute atomic E-state index is 0.117. The molecule has 1 fully saturated rings. The van der Waals surface area contributed by atoms with E-state index in [1.165, 1.54) is 12.1 Å². The van der Waals surface area contributed by atoms with E-state index in [1.54, 1.807) is 25.3 Å². The Balaban J connectivity index is 1.65. The van der Waals surface area contributed by atoms with Gasteiger partial charge in [0, 0.05) is 36.4 Å². The van der Waals surface area contributed by atoms with E-state index in [1.807, 2.05) is 41.3 Å². The number of hydrogen-bond donors (Lipinski definition) is 2. The number of rotatable bonds is 7. The van der Waals surface area contributed by atoms with Crippen molar-refractivity contribution >= 4 is 27.3 Å². The quantitative estimate of drug-likeness (QED) is 0.537. The number of nitrogens with two attached hydrogens (primary N) is 1. The number of primary sulfonamides is 1. The molecule has 9 heteroatoms. The van der Waals surface area contributed by atoms with Crippen LogP contribution in [0, 0.1) is 0 Å². The predicted octanol–water partition coefficient (Wildman–Crippen LogP) is 3.02. The van der Waals surface area contributed by atoms with Gasteiger partial charge < -0.3 is 19.7 Å². The predicted molar refractivity (Wildman–Crippen MR) is 131 cm³/mol. The molecule has 0 radical (unpaired) electrons. The van der Waals surface area contributed by atoms with Gasteiger partial charge in [0.05, 0.1) is 30.8 Å². The van der Waals surface area contributed by atoms with Gasteiger partial charge in [-0.05, 0) is 42.0 Å². The van der Waals surface area contributed by atoms with Crippen molar-refractivity contribution in [3.63, 3.8) is 0 Å². The topological polar surface area (TPSA) is 111 Å². The highest BCUT2D eigenvalue weighted by Gasteiger charge is 2.22. The number of morpholine rings is 1. The SMILES string of the molecule is COc1ccc(NC(=O)c2cc(S(N)(=O)=O)ccc2N2CCOCC2)cc1Cc1ccccc1. The van der Waals surface area contributed by atoms with Crippen LogP contribution in [0.5, 0.6) is 5.75 Å². The summed E-state index contributed by atoms with van der Waals surface area (Å²) >= 11 is 0. The second kappa shape index (κ2) is 10.3. The van der Waals surface area contributed by atoms with Crippen LogP contribution in [0.3, 0.4) is 0 Å². The average Bonchev–Trinajstić information content (AvgIpc) is 2.84. The summed E-state index contributed by atoms with van der Waals surface area (Å²) < 4.78 is 34.8. The van der Waals surface area contributed by atoms with Crippen LogP contribution in [0.15, 0.2) is 71.6 Å². The summed E-state index contributed by atoms with van der Waals surface area (Å²) in [6.45, 7) is 2.25. The maximum absolute atomic E-state index is 13.3. The van der Waals surface area contributed by atoms with Gasteiger partial charge in [0.1, 0.15) is 5.75 Å². The van der Waals surface area contributed by atoms with E-state index in [0.29, 0.717) is 49.8 Å². The van der Waals surface area contributed by atoms with Crippen LogP contribution >= 0.6 is 0 Å². The zero-order chi connectivity index (χ0) is 24.1. The number of amides is 1. The van der Waals surface area contributed by atoms with Crippen LogP contribution in [0.2, 0.25) is 0 Å². The molecule has 1 aliphatic rings. The molecule has 4 rings (SSSR count). The number of anilines is 2. The number of ether oxygens (including phenoxy) is 2. The van der Waals surface area contributed by atoms with Crippen LogP contribution < -0.4 is 20.1 Å². The van der Waals surface area contributed by atoms with Crippen molar-refractivity contribution in [2.45, 2.75) is 11.3 Å². The zero-order valence-electron chi connectivity index (χ0n) is 18.9. The monoisotopic (exact) mass is 481 g/mol. The molecule has 0 unspecified atom stereocenters. The molecule has 0 spiro atoms. The molecular weight excluding hydrogens is 454 g/mol. The van der Waals surface area contributed by atoms with E-state index in [0.717, 1.165) is 11.1 Å². The van der Waals surface area contributed by atoms with Gasteiger partial charge in [0.15, 0.2) is 0 Å². The van der Waals surface area contributed by atoms with Crippen LogP contribution in [-0.2, 0) is 21.2 Å². The molecule has 8 nitrogen and oxygen atoms in total. The van der Waals surface area contributed by atoms with E-state index in [9.17, 15) is 13.2 Å². The van der Waals surface area contributed by atoms with Crippen molar-refractivity contribution in [1.82, 2.24) is 0 Å². The van der Waals surface area contributed by atoms with Gasteiger partial charge in [-0.25, -0.2) is 13.6 Å². The maximum Gasteiger partial charge on any atom is 0.257 e. The smallest absolute Gasteiger partial charge is 0.257 e. The number of hydrogen-bond acceptors (Lipinski definition) is 6. The number of carbonyl (C=O) groups is 1. The van der Waals surface area contributed by atoms with Gasteiger partial charge in [-0.2, -0.15) is 0 Å². The van der Waals surface area contributed by atoms with Crippen molar-refractivity contribution < 1.29 is 22.7 Å². The lowest BCUT2D eigenvalue weighted by Gasteiger charge is -2.30. The molecule has 1 heterocycles. The summed E-state index contributed by atoms with van der Waals surface area (Å²) in [5, 5.41) is 8.23. The van der Waals surface area contributed by atoms with Gasteiger partial charge in [-0.15, -0.1) is 0 Å². The van der Waals surface area contributed by atoms with Crippen LogP contribution in [0.4, 0.5) is 11.4 Å². The van der Waals surface area contributed by atoms with Crippen molar-refractivity contribution in [1.29, 1.82) is 0 Å². The molecular formula is C25H27N3O5S. The molecule has 0 aromatic heterocycles. The fourth-order valence-electron chi connectivity index (χ4n) is 3.96. The molecule has 1 saturated heterocycles. The van der Waals surface area contributed by atoms with E-state index >= 15 is 0 Å². The fraction of sp³-hybridized carbons (Fsp3) is 0.240. The first-order valence-electron chi connectivity index (χ1n) is 10.9. The molecule has 34 heavy (non-hydrogen) atoms. The third kappa shape index (κ3) is 5.56. The number of methoxy groups -OCH3 is 1. The zero-order valence-corrected chi connectivity index (χ0v) is 19.7. The Hall–Kier alpha value is -3.40. The van der Waals surface area contributed by atoms with Gasteiger partial charge in [0.2, 0.25) is 10.0 Å². The highest BCUT2D eigenvalue weighted by atomic mass is 32.2. The van der Waals surface area contributed by atoms with Gasteiger partial charge in [-0.1, -0.05) is 30.3 Å². The molecule has 178 valence electrons. The second-order valence-electron chi connectivity index (χ2n) is 7.97. The number of nitrogens with zero attached hydrogens (tertiary/aromatic N) is 1. The fourth-order valence-corrected chi connectivity index (χ4v) is 4.50. The van der Waals surface area contributed by atoms with Gasteiger partial charge >= 0.3 is 0 Å². The van der Waals surface area contributed by atoms with Crippen molar-refractivity contribution in [3.8, 4) is 5.75 Å². The van der Waals surface area contributed by atoms with Crippen LogP contribution in [0.1, 0.15) is 21.5 Å². The van der Waals surface area contributed by atoms with Gasteiger partial charge in [0.25, 0.3) is 5.91 Å². The Bertz CT molecular complexity index is 1270. The number of carbonyl (C=O) groups excluding carboxylic acids is 1. The number of nitrogens with one attached hydrogen (secondary N) is 1. The first-order chi connectivity index (χ1) is 16.3. The average molecular weight is 482 g/mol. The van der Waals surface area contributed by atoms with E-state index in [-0.39, 0.29) is 10.5 Å². The molecule has 0 atom stereocenters. The third-order valence-electron chi connectivity index (χ3n) is 5.67. The molecule has 1 aliphatic heterocycles. The largest absolute Gasteiger partial charge is 0.496 e. The highest BCUT2D eigenvalue weighted by molar-refractivity contribution is 7.89. The molecule has 3 aromatic rings. The third-order valence-corrected chi connectivity index (χ3v) is 6.58.